The van der Waals surface area contributed by atoms with E-state index >= 15 is 0 Å². The molecule has 0 saturated carbocycles. The maximum atomic E-state index is 12.5. The monoisotopic (exact) mass is 374 g/mol. The molecular weight excluding hydrogens is 356 g/mol. The Morgan fingerprint density at radius 3 is 2.69 bits per heavy atom. The van der Waals surface area contributed by atoms with Crippen molar-refractivity contribution in [2.45, 2.75) is 25.6 Å². The number of hydrogen-bond donors (Lipinski definition) is 2. The van der Waals surface area contributed by atoms with Gasteiger partial charge in [0.05, 0.1) is 19.5 Å². The van der Waals surface area contributed by atoms with E-state index in [9.17, 15) is 14.4 Å². The Kier molecular flexibility index (Phi) is 5.27. The van der Waals surface area contributed by atoms with Crippen LogP contribution in [0.5, 0.6) is 0 Å². The third kappa shape index (κ3) is 3.88. The number of amides is 4. The van der Waals surface area contributed by atoms with Crippen molar-refractivity contribution in [3.63, 3.8) is 0 Å². The molecule has 3 rings (SSSR count). The Labute approximate surface area is 155 Å². The van der Waals surface area contributed by atoms with Crippen LogP contribution in [0.3, 0.4) is 0 Å². The zero-order chi connectivity index (χ0) is 18.7. The van der Waals surface area contributed by atoms with Crippen LogP contribution in [0, 0.1) is 0 Å². The number of aromatic nitrogens is 1. The van der Waals surface area contributed by atoms with Crippen molar-refractivity contribution in [3.05, 3.63) is 58.9 Å². The number of carbonyl (C=O) groups is 3. The summed E-state index contributed by atoms with van der Waals surface area (Å²) in [5, 5.41) is 5.80. The van der Waals surface area contributed by atoms with Gasteiger partial charge in [-0.15, -0.1) is 0 Å². The molecule has 4 amide bonds. The zero-order valence-electron chi connectivity index (χ0n) is 14.2. The first-order chi connectivity index (χ1) is 12.5. The molecule has 136 valence electrons. The van der Waals surface area contributed by atoms with Gasteiger partial charge in [0, 0.05) is 24.0 Å². The van der Waals surface area contributed by atoms with Crippen molar-refractivity contribution in [2.75, 3.05) is 0 Å². The smallest absolute Gasteiger partial charge is 0.325 e. The second kappa shape index (κ2) is 7.61. The predicted octanol–water partition coefficient (Wildman–Crippen LogP) is 1.81. The fourth-order valence-corrected chi connectivity index (χ4v) is 2.98. The van der Waals surface area contributed by atoms with Crippen LogP contribution in [0.2, 0.25) is 5.02 Å². The maximum absolute atomic E-state index is 12.5. The van der Waals surface area contributed by atoms with Gasteiger partial charge in [0.25, 0.3) is 5.91 Å². The topological polar surface area (TPSA) is 83.4 Å². The number of carbonyl (C=O) groups excluding carboxylic acids is 3. The first-order valence-electron chi connectivity index (χ1n) is 8.18. The highest BCUT2D eigenvalue weighted by molar-refractivity contribution is 6.31. The molecule has 1 aliphatic rings. The van der Waals surface area contributed by atoms with Crippen LogP contribution in [0.1, 0.15) is 17.7 Å². The minimum atomic E-state index is -0.863. The van der Waals surface area contributed by atoms with Crippen molar-refractivity contribution in [1.29, 1.82) is 0 Å². The van der Waals surface area contributed by atoms with E-state index in [0.717, 1.165) is 10.6 Å². The number of imide groups is 1. The molecule has 1 unspecified atom stereocenters. The van der Waals surface area contributed by atoms with E-state index in [1.54, 1.807) is 24.3 Å². The summed E-state index contributed by atoms with van der Waals surface area (Å²) in [5.74, 6) is -0.728. The van der Waals surface area contributed by atoms with Crippen LogP contribution in [-0.2, 0) is 29.7 Å². The normalized spacial score (nSPS) is 16.7. The van der Waals surface area contributed by atoms with Crippen LogP contribution in [-0.4, -0.2) is 33.4 Å². The number of benzene rings is 1. The van der Waals surface area contributed by atoms with Gasteiger partial charge in [0.15, 0.2) is 0 Å². The minimum absolute atomic E-state index is 0.0752. The molecule has 1 aromatic heterocycles. The third-order valence-electron chi connectivity index (χ3n) is 4.30. The first kappa shape index (κ1) is 18.0. The summed E-state index contributed by atoms with van der Waals surface area (Å²) in [6.07, 6.45) is 1.78. The molecule has 1 saturated heterocycles. The molecule has 26 heavy (non-hydrogen) atoms. The highest BCUT2D eigenvalue weighted by atomic mass is 35.5. The van der Waals surface area contributed by atoms with Gasteiger partial charge in [0.1, 0.15) is 6.04 Å². The fraction of sp³-hybridized carbons (Fsp3) is 0.278. The maximum Gasteiger partial charge on any atom is 0.325 e. The molecule has 1 fully saturated rings. The molecule has 1 aromatic carbocycles. The first-order valence-corrected chi connectivity index (χ1v) is 8.55. The standard InChI is InChI=1S/C18H19ClN4O3/c1-22-8-4-6-13(22)10-20-16(24)9-15-17(25)23(18(26)21-15)11-12-5-2-3-7-14(12)19/h2-8,15H,9-11H2,1H3,(H,20,24)(H,21,26). The van der Waals surface area contributed by atoms with Gasteiger partial charge in [-0.1, -0.05) is 29.8 Å². The summed E-state index contributed by atoms with van der Waals surface area (Å²) < 4.78 is 1.90. The Morgan fingerprint density at radius 1 is 1.23 bits per heavy atom. The number of halogens is 1. The molecule has 1 aliphatic heterocycles. The summed E-state index contributed by atoms with van der Waals surface area (Å²) in [5.41, 5.74) is 1.62. The van der Waals surface area contributed by atoms with E-state index in [1.807, 2.05) is 29.9 Å². The van der Waals surface area contributed by atoms with Crippen molar-refractivity contribution >= 4 is 29.4 Å². The molecular formula is C18H19ClN4O3. The largest absolute Gasteiger partial charge is 0.353 e. The second-order valence-electron chi connectivity index (χ2n) is 6.11. The van der Waals surface area contributed by atoms with E-state index in [-0.39, 0.29) is 18.9 Å². The van der Waals surface area contributed by atoms with E-state index in [2.05, 4.69) is 10.6 Å². The second-order valence-corrected chi connectivity index (χ2v) is 6.52. The van der Waals surface area contributed by atoms with E-state index in [4.69, 9.17) is 11.6 Å². The zero-order valence-corrected chi connectivity index (χ0v) is 15.0. The van der Waals surface area contributed by atoms with Crippen LogP contribution in [0.25, 0.3) is 0 Å². The van der Waals surface area contributed by atoms with Gasteiger partial charge < -0.3 is 15.2 Å². The van der Waals surface area contributed by atoms with Gasteiger partial charge in [-0.05, 0) is 23.8 Å². The van der Waals surface area contributed by atoms with Crippen molar-refractivity contribution < 1.29 is 14.4 Å². The van der Waals surface area contributed by atoms with E-state index in [0.29, 0.717) is 17.1 Å². The van der Waals surface area contributed by atoms with Gasteiger partial charge >= 0.3 is 6.03 Å². The molecule has 8 heteroatoms. The number of hydrogen-bond acceptors (Lipinski definition) is 3. The minimum Gasteiger partial charge on any atom is -0.353 e. The van der Waals surface area contributed by atoms with Gasteiger partial charge in [0.2, 0.25) is 5.91 Å². The Hall–Kier alpha value is -2.80. The number of urea groups is 1. The Bertz CT molecular complexity index is 848. The molecule has 2 N–H and O–H groups in total. The van der Waals surface area contributed by atoms with E-state index < -0.39 is 18.0 Å². The fourth-order valence-electron chi connectivity index (χ4n) is 2.79. The van der Waals surface area contributed by atoms with E-state index in [1.165, 1.54) is 0 Å². The highest BCUT2D eigenvalue weighted by Crippen LogP contribution is 2.20. The van der Waals surface area contributed by atoms with Gasteiger partial charge in [-0.3, -0.25) is 14.5 Å². The Morgan fingerprint density at radius 2 is 2.00 bits per heavy atom. The molecule has 0 bridgehead atoms. The molecule has 0 spiro atoms. The summed E-state index contributed by atoms with van der Waals surface area (Å²) in [6, 6.07) is 9.41. The molecule has 2 aromatic rings. The summed E-state index contributed by atoms with van der Waals surface area (Å²) in [7, 11) is 1.88. The van der Waals surface area contributed by atoms with Crippen LogP contribution in [0.4, 0.5) is 4.79 Å². The summed E-state index contributed by atoms with van der Waals surface area (Å²) in [6.45, 7) is 0.437. The molecule has 0 aliphatic carbocycles. The highest BCUT2D eigenvalue weighted by Gasteiger charge is 2.39. The summed E-state index contributed by atoms with van der Waals surface area (Å²) in [4.78, 5) is 37.8. The number of aryl methyl sites for hydroxylation is 1. The lowest BCUT2D eigenvalue weighted by Crippen LogP contribution is -2.36. The van der Waals surface area contributed by atoms with Crippen LogP contribution in [0.15, 0.2) is 42.6 Å². The molecule has 7 nitrogen and oxygen atoms in total. The number of rotatable bonds is 6. The predicted molar refractivity (Wildman–Crippen MR) is 96.2 cm³/mol. The average molecular weight is 375 g/mol. The number of nitrogens with zero attached hydrogens (tertiary/aromatic N) is 2. The average Bonchev–Trinajstić information content (AvgIpc) is 3.13. The third-order valence-corrected chi connectivity index (χ3v) is 4.67. The van der Waals surface area contributed by atoms with Crippen LogP contribution >= 0.6 is 11.6 Å². The molecule has 2 heterocycles. The Balaban J connectivity index is 1.57. The summed E-state index contributed by atoms with van der Waals surface area (Å²) >= 11 is 6.09. The van der Waals surface area contributed by atoms with Gasteiger partial charge in [-0.2, -0.15) is 0 Å². The molecule has 0 radical (unpaired) electrons. The van der Waals surface area contributed by atoms with Crippen molar-refractivity contribution in [2.24, 2.45) is 7.05 Å². The SMILES string of the molecule is Cn1cccc1CNC(=O)CC1NC(=O)N(Cc2ccccc2Cl)C1=O. The molecule has 1 atom stereocenters. The van der Waals surface area contributed by atoms with Crippen molar-refractivity contribution in [1.82, 2.24) is 20.1 Å². The van der Waals surface area contributed by atoms with Crippen molar-refractivity contribution in [3.8, 4) is 0 Å². The lowest BCUT2D eigenvalue weighted by molar-refractivity contribution is -0.131. The lowest BCUT2D eigenvalue weighted by atomic mass is 10.1. The number of nitrogens with one attached hydrogen (secondary N) is 2. The lowest BCUT2D eigenvalue weighted by Gasteiger charge is -2.14. The quantitative estimate of drug-likeness (QED) is 0.756. The van der Waals surface area contributed by atoms with Gasteiger partial charge in [-0.25, -0.2) is 4.79 Å². The van der Waals surface area contributed by atoms with Crippen LogP contribution < -0.4 is 10.6 Å².